The highest BCUT2D eigenvalue weighted by Gasteiger charge is 2.21. The molecule has 3 aromatic carbocycles. The average Bonchev–Trinajstić information content (AvgIpc) is 2.85. The van der Waals surface area contributed by atoms with Gasteiger partial charge >= 0.3 is 5.97 Å². The Balaban J connectivity index is 1.51. The van der Waals surface area contributed by atoms with Crippen molar-refractivity contribution in [1.82, 2.24) is 4.90 Å². The molecule has 0 spiro atoms. The van der Waals surface area contributed by atoms with Crippen LogP contribution in [0.25, 0.3) is 0 Å². The van der Waals surface area contributed by atoms with Gasteiger partial charge in [-0.3, -0.25) is 9.69 Å². The molecule has 6 nitrogen and oxygen atoms in total. The van der Waals surface area contributed by atoms with E-state index in [1.165, 1.54) is 12.7 Å². The molecule has 0 aliphatic carbocycles. The Kier molecular flexibility index (Phi) is 6.82. The van der Waals surface area contributed by atoms with Gasteiger partial charge in [0.2, 0.25) is 0 Å². The molecule has 1 fully saturated rings. The lowest BCUT2D eigenvalue weighted by molar-refractivity contribution is 0.0600. The van der Waals surface area contributed by atoms with Crippen LogP contribution in [0.3, 0.4) is 0 Å². The van der Waals surface area contributed by atoms with Crippen molar-refractivity contribution in [3.05, 3.63) is 95.6 Å². The van der Waals surface area contributed by atoms with Crippen molar-refractivity contribution in [2.24, 2.45) is 0 Å². The standard InChI is InChI=1S/C26H27N3O3/c1-32-26(31)22-12-13-24(23(18-22)27-25(30)21-10-6-3-7-11-21)29-16-14-28(15-17-29)19-20-8-4-2-5-9-20/h2-13,18H,14-17,19H2,1H3,(H,27,30). The fourth-order valence-electron chi connectivity index (χ4n) is 3.93. The third-order valence-electron chi connectivity index (χ3n) is 5.66. The number of carbonyl (C=O) groups is 2. The summed E-state index contributed by atoms with van der Waals surface area (Å²) in [6, 6.07) is 24.8. The monoisotopic (exact) mass is 429 g/mol. The molecular weight excluding hydrogens is 402 g/mol. The second-order valence-corrected chi connectivity index (χ2v) is 7.79. The lowest BCUT2D eigenvalue weighted by Crippen LogP contribution is -2.46. The van der Waals surface area contributed by atoms with Crippen LogP contribution in [0, 0.1) is 0 Å². The second-order valence-electron chi connectivity index (χ2n) is 7.79. The Hall–Kier alpha value is -3.64. The molecule has 1 amide bonds. The topological polar surface area (TPSA) is 61.9 Å². The first kappa shape index (κ1) is 21.6. The molecule has 1 saturated heterocycles. The summed E-state index contributed by atoms with van der Waals surface area (Å²) in [6.45, 7) is 4.42. The molecule has 0 radical (unpaired) electrons. The minimum atomic E-state index is -0.431. The van der Waals surface area contributed by atoms with Crippen LogP contribution in [-0.4, -0.2) is 50.1 Å². The molecule has 0 aromatic heterocycles. The molecule has 0 atom stereocenters. The molecule has 4 rings (SSSR count). The molecule has 1 heterocycles. The highest BCUT2D eigenvalue weighted by Crippen LogP contribution is 2.29. The van der Waals surface area contributed by atoms with Crippen molar-refractivity contribution < 1.29 is 14.3 Å². The van der Waals surface area contributed by atoms with E-state index in [4.69, 9.17) is 4.74 Å². The van der Waals surface area contributed by atoms with Crippen LogP contribution in [0.4, 0.5) is 11.4 Å². The van der Waals surface area contributed by atoms with Crippen molar-refractivity contribution in [2.45, 2.75) is 6.54 Å². The van der Waals surface area contributed by atoms with Crippen molar-refractivity contribution in [2.75, 3.05) is 43.5 Å². The first-order chi connectivity index (χ1) is 15.6. The maximum absolute atomic E-state index is 12.8. The van der Waals surface area contributed by atoms with Crippen molar-refractivity contribution in [3.63, 3.8) is 0 Å². The highest BCUT2D eigenvalue weighted by molar-refractivity contribution is 6.06. The van der Waals surface area contributed by atoms with Gasteiger partial charge in [-0.2, -0.15) is 0 Å². The van der Waals surface area contributed by atoms with Crippen LogP contribution in [0.15, 0.2) is 78.9 Å². The summed E-state index contributed by atoms with van der Waals surface area (Å²) in [5.74, 6) is -0.643. The van der Waals surface area contributed by atoms with Gasteiger partial charge in [0.15, 0.2) is 0 Å². The molecule has 1 aliphatic heterocycles. The van der Waals surface area contributed by atoms with Crippen molar-refractivity contribution in [1.29, 1.82) is 0 Å². The first-order valence-electron chi connectivity index (χ1n) is 10.7. The number of carbonyl (C=O) groups excluding carboxylic acids is 2. The van der Waals surface area contributed by atoms with E-state index in [0.717, 1.165) is 38.4 Å². The minimum Gasteiger partial charge on any atom is -0.465 e. The van der Waals surface area contributed by atoms with E-state index < -0.39 is 5.97 Å². The van der Waals surface area contributed by atoms with Crippen LogP contribution in [0.5, 0.6) is 0 Å². The number of amides is 1. The predicted molar refractivity (Wildman–Crippen MR) is 126 cm³/mol. The normalized spacial score (nSPS) is 14.1. The number of methoxy groups -OCH3 is 1. The van der Waals surface area contributed by atoms with Gasteiger partial charge in [0.05, 0.1) is 24.0 Å². The molecular formula is C26H27N3O3. The zero-order valence-electron chi connectivity index (χ0n) is 18.2. The Bertz CT molecular complexity index is 1060. The molecule has 1 aliphatic rings. The molecule has 32 heavy (non-hydrogen) atoms. The summed E-state index contributed by atoms with van der Waals surface area (Å²) in [6.07, 6.45) is 0. The van der Waals surface area contributed by atoms with Gasteiger partial charge in [0.1, 0.15) is 0 Å². The SMILES string of the molecule is COC(=O)c1ccc(N2CCN(Cc3ccccc3)CC2)c(NC(=O)c2ccccc2)c1. The minimum absolute atomic E-state index is 0.212. The first-order valence-corrected chi connectivity index (χ1v) is 10.7. The van der Waals surface area contributed by atoms with Crippen molar-refractivity contribution >= 4 is 23.3 Å². The molecule has 6 heteroatoms. The van der Waals surface area contributed by atoms with E-state index in [1.54, 1.807) is 24.3 Å². The van der Waals surface area contributed by atoms with Crippen LogP contribution in [0.1, 0.15) is 26.3 Å². The lowest BCUT2D eigenvalue weighted by atomic mass is 10.1. The second kappa shape index (κ2) is 10.1. The third kappa shape index (κ3) is 5.15. The lowest BCUT2D eigenvalue weighted by Gasteiger charge is -2.37. The van der Waals surface area contributed by atoms with Crippen LogP contribution in [-0.2, 0) is 11.3 Å². The number of anilines is 2. The van der Waals surface area contributed by atoms with Crippen LogP contribution in [0.2, 0.25) is 0 Å². The van der Waals surface area contributed by atoms with Gasteiger partial charge in [-0.05, 0) is 35.9 Å². The van der Waals surface area contributed by atoms with Gasteiger partial charge in [-0.25, -0.2) is 4.79 Å². The van der Waals surface area contributed by atoms with Gasteiger partial charge < -0.3 is 15.0 Å². The molecule has 0 bridgehead atoms. The largest absolute Gasteiger partial charge is 0.465 e. The number of nitrogens with zero attached hydrogens (tertiary/aromatic N) is 2. The van der Waals surface area contributed by atoms with Crippen LogP contribution >= 0.6 is 0 Å². The van der Waals surface area contributed by atoms with Gasteiger partial charge in [-0.1, -0.05) is 48.5 Å². The zero-order chi connectivity index (χ0) is 22.3. The Morgan fingerprint density at radius 3 is 2.16 bits per heavy atom. The number of hydrogen-bond acceptors (Lipinski definition) is 5. The predicted octanol–water partition coefficient (Wildman–Crippen LogP) is 4.05. The average molecular weight is 430 g/mol. The maximum atomic E-state index is 12.8. The van der Waals surface area contributed by atoms with Crippen LogP contribution < -0.4 is 10.2 Å². The molecule has 1 N–H and O–H groups in total. The van der Waals surface area contributed by atoms with E-state index >= 15 is 0 Å². The Labute approximate surface area is 188 Å². The summed E-state index contributed by atoms with van der Waals surface area (Å²) in [4.78, 5) is 29.6. The van der Waals surface area contributed by atoms with Gasteiger partial charge in [-0.15, -0.1) is 0 Å². The number of ether oxygens (including phenoxy) is 1. The quantitative estimate of drug-likeness (QED) is 0.599. The van der Waals surface area contributed by atoms with E-state index in [0.29, 0.717) is 16.8 Å². The van der Waals surface area contributed by atoms with E-state index in [-0.39, 0.29) is 5.91 Å². The van der Waals surface area contributed by atoms with Gasteiger partial charge in [0.25, 0.3) is 5.91 Å². The summed E-state index contributed by atoms with van der Waals surface area (Å²) >= 11 is 0. The summed E-state index contributed by atoms with van der Waals surface area (Å²) in [5.41, 5.74) is 3.79. The molecule has 3 aromatic rings. The number of nitrogens with one attached hydrogen (secondary N) is 1. The molecule has 0 unspecified atom stereocenters. The van der Waals surface area contributed by atoms with Gasteiger partial charge in [0, 0.05) is 38.3 Å². The zero-order valence-corrected chi connectivity index (χ0v) is 18.2. The third-order valence-corrected chi connectivity index (χ3v) is 5.66. The summed E-state index contributed by atoms with van der Waals surface area (Å²) < 4.78 is 4.86. The number of esters is 1. The summed E-state index contributed by atoms with van der Waals surface area (Å²) in [7, 11) is 1.35. The fourth-order valence-corrected chi connectivity index (χ4v) is 3.93. The molecule has 0 saturated carbocycles. The fraction of sp³-hybridized carbons (Fsp3) is 0.231. The van der Waals surface area contributed by atoms with Crippen molar-refractivity contribution in [3.8, 4) is 0 Å². The number of benzene rings is 3. The molecule has 164 valence electrons. The Morgan fingerprint density at radius 2 is 1.50 bits per heavy atom. The maximum Gasteiger partial charge on any atom is 0.337 e. The van der Waals surface area contributed by atoms with E-state index in [1.807, 2.05) is 30.3 Å². The Morgan fingerprint density at radius 1 is 0.844 bits per heavy atom. The highest BCUT2D eigenvalue weighted by atomic mass is 16.5. The van der Waals surface area contributed by atoms with E-state index in [2.05, 4.69) is 39.4 Å². The summed E-state index contributed by atoms with van der Waals surface area (Å²) in [5, 5.41) is 2.99. The smallest absolute Gasteiger partial charge is 0.337 e. The van der Waals surface area contributed by atoms with E-state index in [9.17, 15) is 9.59 Å². The number of rotatable bonds is 6. The number of hydrogen-bond donors (Lipinski definition) is 1. The number of piperazine rings is 1.